The van der Waals surface area contributed by atoms with Gasteiger partial charge in [0.05, 0.1) is 6.04 Å². The van der Waals surface area contributed by atoms with Gasteiger partial charge in [-0.3, -0.25) is 4.79 Å². The Morgan fingerprint density at radius 1 is 1.00 bits per heavy atom. The van der Waals surface area contributed by atoms with Crippen molar-refractivity contribution in [3.63, 3.8) is 0 Å². The summed E-state index contributed by atoms with van der Waals surface area (Å²) >= 11 is 0. The van der Waals surface area contributed by atoms with Gasteiger partial charge < -0.3 is 15.1 Å². The quantitative estimate of drug-likeness (QED) is 0.397. The maximum Gasteiger partial charge on any atom is 0.251 e. The second-order valence-electron chi connectivity index (χ2n) is 9.94. The first-order chi connectivity index (χ1) is 15.7. The van der Waals surface area contributed by atoms with E-state index in [1.807, 2.05) is 43.3 Å². The average molecular weight is 449 g/mol. The highest BCUT2D eigenvalue weighted by Crippen LogP contribution is 2.29. The molecule has 0 saturated heterocycles. The van der Waals surface area contributed by atoms with Crippen molar-refractivity contribution in [2.45, 2.75) is 65.8 Å². The molecule has 0 aliphatic heterocycles. The van der Waals surface area contributed by atoms with Crippen LogP contribution in [-0.4, -0.2) is 22.6 Å². The Balaban J connectivity index is 1.75. The largest absolute Gasteiger partial charge is 0.420 e. The third-order valence-electron chi connectivity index (χ3n) is 5.36. The van der Waals surface area contributed by atoms with E-state index in [1.54, 1.807) is 0 Å². The van der Waals surface area contributed by atoms with Crippen LogP contribution in [0, 0.1) is 5.92 Å². The number of hydrogen-bond acceptors (Lipinski definition) is 5. The standard InChI is InChI=1S/C27H36N4O2/c1-7-16-28-24(32)20-12-14-22(15-13-20)29-23(17-18(2)3)19-8-10-21(11-9-19)25-30-31-26(33-25)27(4,5)6/h8-15,18,23,29H,7,16-17H2,1-6H3,(H,28,32). The van der Waals surface area contributed by atoms with Crippen LogP contribution in [0.25, 0.3) is 11.5 Å². The van der Waals surface area contributed by atoms with Gasteiger partial charge in [0.15, 0.2) is 0 Å². The predicted octanol–water partition coefficient (Wildman–Crippen LogP) is 6.37. The normalized spacial score (nSPS) is 12.6. The van der Waals surface area contributed by atoms with Crippen molar-refractivity contribution in [2.75, 3.05) is 11.9 Å². The molecule has 0 spiro atoms. The van der Waals surface area contributed by atoms with E-state index in [4.69, 9.17) is 4.42 Å². The highest BCUT2D eigenvalue weighted by atomic mass is 16.4. The van der Waals surface area contributed by atoms with Crippen LogP contribution in [0.15, 0.2) is 52.9 Å². The molecule has 0 aliphatic rings. The fraction of sp³-hybridized carbons (Fsp3) is 0.444. The fourth-order valence-electron chi connectivity index (χ4n) is 3.51. The molecule has 0 aliphatic carbocycles. The first-order valence-electron chi connectivity index (χ1n) is 11.8. The lowest BCUT2D eigenvalue weighted by atomic mass is 9.95. The summed E-state index contributed by atoms with van der Waals surface area (Å²) in [6.07, 6.45) is 1.90. The Morgan fingerprint density at radius 3 is 2.21 bits per heavy atom. The van der Waals surface area contributed by atoms with Crippen LogP contribution in [0.1, 0.15) is 82.2 Å². The van der Waals surface area contributed by atoms with Gasteiger partial charge in [-0.05, 0) is 60.7 Å². The molecule has 1 aromatic heterocycles. The van der Waals surface area contributed by atoms with Crippen molar-refractivity contribution >= 4 is 11.6 Å². The molecule has 0 bridgehead atoms. The molecule has 33 heavy (non-hydrogen) atoms. The van der Waals surface area contributed by atoms with Crippen molar-refractivity contribution in [1.82, 2.24) is 15.5 Å². The molecule has 2 aromatic carbocycles. The number of benzene rings is 2. The van der Waals surface area contributed by atoms with Crippen molar-refractivity contribution in [3.05, 3.63) is 65.5 Å². The lowest BCUT2D eigenvalue weighted by Gasteiger charge is -2.22. The van der Waals surface area contributed by atoms with E-state index in [2.05, 4.69) is 67.6 Å². The predicted molar refractivity (Wildman–Crippen MR) is 133 cm³/mol. The number of carbonyl (C=O) groups excluding carboxylic acids is 1. The number of nitrogens with one attached hydrogen (secondary N) is 2. The van der Waals surface area contributed by atoms with Crippen LogP contribution in [0.2, 0.25) is 0 Å². The minimum Gasteiger partial charge on any atom is -0.420 e. The Hall–Kier alpha value is -3.15. The van der Waals surface area contributed by atoms with E-state index in [0.717, 1.165) is 24.1 Å². The van der Waals surface area contributed by atoms with Gasteiger partial charge in [0.2, 0.25) is 11.8 Å². The van der Waals surface area contributed by atoms with Gasteiger partial charge in [-0.2, -0.15) is 0 Å². The average Bonchev–Trinajstić information content (AvgIpc) is 3.28. The van der Waals surface area contributed by atoms with Gasteiger partial charge in [-0.1, -0.05) is 53.7 Å². The van der Waals surface area contributed by atoms with Crippen molar-refractivity contribution in [2.24, 2.45) is 5.92 Å². The molecule has 0 fully saturated rings. The number of nitrogens with zero attached hydrogens (tertiary/aromatic N) is 2. The van der Waals surface area contributed by atoms with Gasteiger partial charge in [-0.15, -0.1) is 10.2 Å². The van der Waals surface area contributed by atoms with Crippen molar-refractivity contribution in [3.8, 4) is 11.5 Å². The van der Waals surface area contributed by atoms with E-state index in [1.165, 1.54) is 5.56 Å². The Bertz CT molecular complexity index is 1030. The summed E-state index contributed by atoms with van der Waals surface area (Å²) in [7, 11) is 0. The fourth-order valence-corrected chi connectivity index (χ4v) is 3.51. The first-order valence-corrected chi connectivity index (χ1v) is 11.8. The highest BCUT2D eigenvalue weighted by molar-refractivity contribution is 5.94. The van der Waals surface area contributed by atoms with Crippen LogP contribution in [0.5, 0.6) is 0 Å². The van der Waals surface area contributed by atoms with Crippen molar-refractivity contribution in [1.29, 1.82) is 0 Å². The summed E-state index contributed by atoms with van der Waals surface area (Å²) in [4.78, 5) is 12.2. The van der Waals surface area contributed by atoms with Crippen LogP contribution in [0.4, 0.5) is 5.69 Å². The van der Waals surface area contributed by atoms with Crippen molar-refractivity contribution < 1.29 is 9.21 Å². The number of rotatable bonds is 9. The second-order valence-corrected chi connectivity index (χ2v) is 9.94. The number of anilines is 1. The number of carbonyl (C=O) groups is 1. The third-order valence-corrected chi connectivity index (χ3v) is 5.36. The number of amides is 1. The summed E-state index contributed by atoms with van der Waals surface area (Å²) < 4.78 is 5.88. The zero-order valence-electron chi connectivity index (χ0n) is 20.6. The molecular weight excluding hydrogens is 412 g/mol. The van der Waals surface area contributed by atoms with E-state index in [9.17, 15) is 4.79 Å². The van der Waals surface area contributed by atoms with Gasteiger partial charge in [0.25, 0.3) is 5.91 Å². The van der Waals surface area contributed by atoms with Gasteiger partial charge in [0.1, 0.15) is 0 Å². The monoisotopic (exact) mass is 448 g/mol. The minimum absolute atomic E-state index is 0.0339. The summed E-state index contributed by atoms with van der Waals surface area (Å²) in [5.74, 6) is 1.66. The molecule has 6 heteroatoms. The molecule has 3 rings (SSSR count). The summed E-state index contributed by atoms with van der Waals surface area (Å²) in [5, 5.41) is 15.0. The van der Waals surface area contributed by atoms with E-state index in [-0.39, 0.29) is 17.4 Å². The Morgan fingerprint density at radius 2 is 1.67 bits per heavy atom. The smallest absolute Gasteiger partial charge is 0.251 e. The maximum atomic E-state index is 12.2. The molecule has 3 aromatic rings. The van der Waals surface area contributed by atoms with Crippen LogP contribution < -0.4 is 10.6 Å². The first kappa shape index (κ1) is 24.5. The van der Waals surface area contributed by atoms with E-state index >= 15 is 0 Å². The lowest BCUT2D eigenvalue weighted by Crippen LogP contribution is -2.23. The Labute approximate surface area is 197 Å². The van der Waals surface area contributed by atoms with Gasteiger partial charge >= 0.3 is 0 Å². The highest BCUT2D eigenvalue weighted by Gasteiger charge is 2.22. The topological polar surface area (TPSA) is 80.0 Å². The lowest BCUT2D eigenvalue weighted by molar-refractivity contribution is 0.0953. The molecule has 6 nitrogen and oxygen atoms in total. The SMILES string of the molecule is CCCNC(=O)c1ccc(NC(CC(C)C)c2ccc(-c3nnc(C(C)(C)C)o3)cc2)cc1. The second kappa shape index (κ2) is 10.6. The molecule has 2 N–H and O–H groups in total. The van der Waals surface area contributed by atoms with Gasteiger partial charge in [-0.25, -0.2) is 0 Å². The molecule has 0 saturated carbocycles. The summed E-state index contributed by atoms with van der Waals surface area (Å²) in [6.45, 7) is 13.3. The third kappa shape index (κ3) is 6.67. The minimum atomic E-state index is -0.177. The number of hydrogen-bond donors (Lipinski definition) is 2. The molecule has 1 unspecified atom stereocenters. The van der Waals surface area contributed by atoms with Gasteiger partial charge in [0, 0.05) is 28.8 Å². The van der Waals surface area contributed by atoms with Crippen LogP contribution >= 0.6 is 0 Å². The Kier molecular flexibility index (Phi) is 7.90. The molecule has 1 atom stereocenters. The molecule has 1 amide bonds. The maximum absolute atomic E-state index is 12.2. The van der Waals surface area contributed by atoms with E-state index in [0.29, 0.717) is 29.8 Å². The zero-order chi connectivity index (χ0) is 24.0. The molecule has 176 valence electrons. The summed E-state index contributed by atoms with van der Waals surface area (Å²) in [6, 6.07) is 16.1. The van der Waals surface area contributed by atoms with Crippen LogP contribution in [-0.2, 0) is 5.41 Å². The molecular formula is C27H36N4O2. The summed E-state index contributed by atoms with van der Waals surface area (Å²) in [5.41, 5.74) is 3.58. The number of aromatic nitrogens is 2. The van der Waals surface area contributed by atoms with E-state index < -0.39 is 0 Å². The van der Waals surface area contributed by atoms with Crippen LogP contribution in [0.3, 0.4) is 0 Å². The zero-order valence-corrected chi connectivity index (χ0v) is 20.6. The molecule has 1 heterocycles. The molecule has 0 radical (unpaired) electrons.